The molecule has 0 atom stereocenters. The molecule has 0 aliphatic carbocycles. The molecule has 0 bridgehead atoms. The molecule has 0 fully saturated rings. The van der Waals surface area contributed by atoms with E-state index >= 15 is 0 Å². The topological polar surface area (TPSA) is 40.7 Å². The van der Waals surface area contributed by atoms with E-state index in [4.69, 9.17) is 0 Å². The van der Waals surface area contributed by atoms with Crippen molar-refractivity contribution in [2.75, 3.05) is 5.32 Å². The summed E-state index contributed by atoms with van der Waals surface area (Å²) in [5, 5.41) is 9.90. The van der Waals surface area contributed by atoms with Gasteiger partial charge in [0.15, 0.2) is 0 Å². The molecule has 0 saturated carbocycles. The van der Waals surface area contributed by atoms with Crippen LogP contribution in [0.15, 0.2) is 36.7 Å². The second-order valence-electron chi connectivity index (χ2n) is 3.89. The molecule has 15 heavy (non-hydrogen) atoms. The third-order valence-electron chi connectivity index (χ3n) is 2.36. The Bertz CT molecular complexity index is 401. The van der Waals surface area contributed by atoms with Crippen LogP contribution in [0, 0.1) is 0 Å². The van der Waals surface area contributed by atoms with Crippen molar-refractivity contribution in [3.05, 3.63) is 42.2 Å². The first-order valence-corrected chi connectivity index (χ1v) is 5.11. The molecule has 0 radical (unpaired) electrons. The average molecular weight is 201 g/mol. The standard InChI is InChI=1S/C12H15N3/c1-9(2)10-3-5-11(6-4-10)15-12-7-13-14-8-12/h3-9,15H,1-2H3,(H,13,14). The van der Waals surface area contributed by atoms with E-state index in [0.717, 1.165) is 11.4 Å². The van der Waals surface area contributed by atoms with Crippen molar-refractivity contribution in [2.45, 2.75) is 19.8 Å². The Morgan fingerprint density at radius 3 is 2.40 bits per heavy atom. The van der Waals surface area contributed by atoms with Crippen LogP contribution in [0.4, 0.5) is 11.4 Å². The van der Waals surface area contributed by atoms with Gasteiger partial charge in [-0.15, -0.1) is 0 Å². The molecule has 2 rings (SSSR count). The summed E-state index contributed by atoms with van der Waals surface area (Å²) in [6.07, 6.45) is 3.59. The van der Waals surface area contributed by atoms with Gasteiger partial charge in [-0.2, -0.15) is 5.10 Å². The van der Waals surface area contributed by atoms with E-state index in [2.05, 4.69) is 53.6 Å². The summed E-state index contributed by atoms with van der Waals surface area (Å²) in [5.74, 6) is 0.577. The lowest BCUT2D eigenvalue weighted by Gasteiger charge is -2.07. The number of rotatable bonds is 3. The Hall–Kier alpha value is -1.77. The van der Waals surface area contributed by atoms with E-state index in [0.29, 0.717) is 5.92 Å². The van der Waals surface area contributed by atoms with Crippen LogP contribution in [0.5, 0.6) is 0 Å². The quantitative estimate of drug-likeness (QED) is 0.800. The second kappa shape index (κ2) is 4.17. The first kappa shape index (κ1) is 9.77. The van der Waals surface area contributed by atoms with Crippen LogP contribution in [0.3, 0.4) is 0 Å². The molecule has 1 heterocycles. The summed E-state index contributed by atoms with van der Waals surface area (Å²) in [5.41, 5.74) is 3.42. The van der Waals surface area contributed by atoms with Crippen LogP contribution < -0.4 is 5.32 Å². The predicted molar refractivity (Wildman–Crippen MR) is 62.4 cm³/mol. The molecule has 0 aliphatic rings. The second-order valence-corrected chi connectivity index (χ2v) is 3.89. The molecule has 1 aromatic carbocycles. The number of nitrogens with zero attached hydrogens (tertiary/aromatic N) is 1. The maximum atomic E-state index is 3.88. The van der Waals surface area contributed by atoms with Crippen molar-refractivity contribution >= 4 is 11.4 Å². The van der Waals surface area contributed by atoms with Crippen LogP contribution in [-0.2, 0) is 0 Å². The lowest BCUT2D eigenvalue weighted by Crippen LogP contribution is -1.90. The van der Waals surface area contributed by atoms with E-state index in [1.165, 1.54) is 5.56 Å². The van der Waals surface area contributed by atoms with Gasteiger partial charge in [0.25, 0.3) is 0 Å². The van der Waals surface area contributed by atoms with Crippen molar-refractivity contribution in [1.82, 2.24) is 10.2 Å². The van der Waals surface area contributed by atoms with Crippen LogP contribution in [0.2, 0.25) is 0 Å². The van der Waals surface area contributed by atoms with Gasteiger partial charge in [0.05, 0.1) is 11.9 Å². The average Bonchev–Trinajstić information content (AvgIpc) is 2.71. The molecule has 78 valence electrons. The van der Waals surface area contributed by atoms with Gasteiger partial charge in [-0.05, 0) is 23.6 Å². The predicted octanol–water partition coefficient (Wildman–Crippen LogP) is 3.28. The Morgan fingerprint density at radius 1 is 1.13 bits per heavy atom. The summed E-state index contributed by atoms with van der Waals surface area (Å²) < 4.78 is 0. The molecular formula is C12H15N3. The SMILES string of the molecule is CC(C)c1ccc(Nc2cn[nH]c2)cc1. The Balaban J connectivity index is 2.11. The summed E-state index contributed by atoms with van der Waals surface area (Å²) in [4.78, 5) is 0. The van der Waals surface area contributed by atoms with Gasteiger partial charge in [0.1, 0.15) is 0 Å². The van der Waals surface area contributed by atoms with Crippen molar-refractivity contribution in [2.24, 2.45) is 0 Å². The monoisotopic (exact) mass is 201 g/mol. The van der Waals surface area contributed by atoms with Gasteiger partial charge in [-0.3, -0.25) is 5.10 Å². The molecular weight excluding hydrogens is 186 g/mol. The highest BCUT2D eigenvalue weighted by atomic mass is 15.1. The highest BCUT2D eigenvalue weighted by Gasteiger charge is 1.99. The van der Waals surface area contributed by atoms with Crippen molar-refractivity contribution in [1.29, 1.82) is 0 Å². The first-order valence-electron chi connectivity index (χ1n) is 5.11. The van der Waals surface area contributed by atoms with Crippen molar-refractivity contribution < 1.29 is 0 Å². The highest BCUT2D eigenvalue weighted by molar-refractivity contribution is 5.58. The number of benzene rings is 1. The van der Waals surface area contributed by atoms with E-state index in [1.54, 1.807) is 6.20 Å². The molecule has 2 N–H and O–H groups in total. The maximum Gasteiger partial charge on any atom is 0.0767 e. The fourth-order valence-electron chi connectivity index (χ4n) is 1.44. The van der Waals surface area contributed by atoms with Gasteiger partial charge >= 0.3 is 0 Å². The Kier molecular flexibility index (Phi) is 2.72. The minimum absolute atomic E-state index is 0.577. The van der Waals surface area contributed by atoms with Crippen molar-refractivity contribution in [3.63, 3.8) is 0 Å². The van der Waals surface area contributed by atoms with Crippen LogP contribution in [-0.4, -0.2) is 10.2 Å². The minimum atomic E-state index is 0.577. The van der Waals surface area contributed by atoms with Crippen LogP contribution in [0.1, 0.15) is 25.3 Å². The zero-order valence-electron chi connectivity index (χ0n) is 8.99. The Labute approximate surface area is 89.5 Å². The number of aromatic nitrogens is 2. The van der Waals surface area contributed by atoms with Gasteiger partial charge in [-0.25, -0.2) is 0 Å². The van der Waals surface area contributed by atoms with Gasteiger partial charge in [0, 0.05) is 11.9 Å². The van der Waals surface area contributed by atoms with Gasteiger partial charge < -0.3 is 5.32 Å². The highest BCUT2D eigenvalue weighted by Crippen LogP contribution is 2.19. The molecule has 3 heteroatoms. The zero-order valence-corrected chi connectivity index (χ0v) is 8.99. The van der Waals surface area contributed by atoms with E-state index in [-0.39, 0.29) is 0 Å². The molecule has 1 aromatic heterocycles. The molecule has 0 amide bonds. The normalized spacial score (nSPS) is 10.6. The molecule has 3 nitrogen and oxygen atoms in total. The van der Waals surface area contributed by atoms with E-state index in [1.807, 2.05) is 6.20 Å². The number of H-pyrrole nitrogens is 1. The lowest BCUT2D eigenvalue weighted by molar-refractivity contribution is 0.867. The molecule has 0 aliphatic heterocycles. The van der Waals surface area contributed by atoms with Gasteiger partial charge in [0.2, 0.25) is 0 Å². The summed E-state index contributed by atoms with van der Waals surface area (Å²) in [6.45, 7) is 4.39. The summed E-state index contributed by atoms with van der Waals surface area (Å²) in [6, 6.07) is 8.46. The number of nitrogens with one attached hydrogen (secondary N) is 2. The van der Waals surface area contributed by atoms with Crippen LogP contribution in [0.25, 0.3) is 0 Å². The number of aromatic amines is 1. The molecule has 0 saturated heterocycles. The molecule has 0 spiro atoms. The first-order chi connectivity index (χ1) is 7.25. The number of hydrogen-bond donors (Lipinski definition) is 2. The number of anilines is 2. The Morgan fingerprint density at radius 2 is 1.87 bits per heavy atom. The minimum Gasteiger partial charge on any atom is -0.353 e. The molecule has 2 aromatic rings. The summed E-state index contributed by atoms with van der Waals surface area (Å²) in [7, 11) is 0. The molecule has 0 unspecified atom stereocenters. The third-order valence-corrected chi connectivity index (χ3v) is 2.36. The smallest absolute Gasteiger partial charge is 0.0767 e. The maximum absolute atomic E-state index is 3.88. The van der Waals surface area contributed by atoms with Gasteiger partial charge in [-0.1, -0.05) is 26.0 Å². The largest absolute Gasteiger partial charge is 0.353 e. The summed E-state index contributed by atoms with van der Waals surface area (Å²) >= 11 is 0. The zero-order chi connectivity index (χ0) is 10.7. The number of hydrogen-bond acceptors (Lipinski definition) is 2. The lowest BCUT2D eigenvalue weighted by atomic mass is 10.0. The third kappa shape index (κ3) is 2.37. The van der Waals surface area contributed by atoms with Crippen LogP contribution >= 0.6 is 0 Å². The van der Waals surface area contributed by atoms with E-state index < -0.39 is 0 Å². The fourth-order valence-corrected chi connectivity index (χ4v) is 1.44. The van der Waals surface area contributed by atoms with Crippen molar-refractivity contribution in [3.8, 4) is 0 Å². The van der Waals surface area contributed by atoms with E-state index in [9.17, 15) is 0 Å². The fraction of sp³-hybridized carbons (Fsp3) is 0.250.